The number of nitriles is 1. The third kappa shape index (κ3) is 2.54. The summed E-state index contributed by atoms with van der Waals surface area (Å²) in [6.45, 7) is 2.12. The minimum atomic E-state index is -3.70. The number of nitrogens with zero attached hydrogens (tertiary/aromatic N) is 2. The van der Waals surface area contributed by atoms with Crippen LogP contribution in [0.5, 0.6) is 0 Å². The summed E-state index contributed by atoms with van der Waals surface area (Å²) in [4.78, 5) is 0. The molecule has 0 bridgehead atoms. The van der Waals surface area contributed by atoms with E-state index < -0.39 is 15.6 Å². The van der Waals surface area contributed by atoms with E-state index >= 15 is 0 Å². The molecule has 18 heavy (non-hydrogen) atoms. The van der Waals surface area contributed by atoms with Crippen molar-refractivity contribution < 1.29 is 8.42 Å². The molecule has 0 aliphatic heterocycles. The normalized spacial score (nSPS) is 28.8. The highest BCUT2D eigenvalue weighted by Gasteiger charge is 2.38. The minimum Gasteiger partial charge on any atom is -0.266 e. The van der Waals surface area contributed by atoms with Crippen LogP contribution >= 0.6 is 0 Å². The second kappa shape index (κ2) is 4.71. The van der Waals surface area contributed by atoms with Gasteiger partial charge >= 0.3 is 0 Å². The summed E-state index contributed by atoms with van der Waals surface area (Å²) in [6, 6.07) is 3.51. The zero-order valence-corrected chi connectivity index (χ0v) is 11.0. The van der Waals surface area contributed by atoms with Crippen LogP contribution in [0.25, 0.3) is 0 Å². The van der Waals surface area contributed by atoms with Crippen LogP contribution in [-0.4, -0.2) is 24.2 Å². The maximum absolute atomic E-state index is 12.1. The van der Waals surface area contributed by atoms with Gasteiger partial charge in [0.1, 0.15) is 5.54 Å². The Balaban J connectivity index is 2.20. The number of hydrogen-bond acceptors (Lipinski definition) is 4. The molecule has 0 unspecified atom stereocenters. The van der Waals surface area contributed by atoms with E-state index in [1.807, 2.05) is 0 Å². The van der Waals surface area contributed by atoms with Gasteiger partial charge in [-0.15, -0.1) is 0 Å². The van der Waals surface area contributed by atoms with Gasteiger partial charge < -0.3 is 0 Å². The van der Waals surface area contributed by atoms with Crippen LogP contribution < -0.4 is 4.72 Å². The monoisotopic (exact) mass is 268 g/mol. The lowest BCUT2D eigenvalue weighted by molar-refractivity contribution is 0.277. The molecule has 7 heteroatoms. The van der Waals surface area contributed by atoms with Crippen LogP contribution in [0.3, 0.4) is 0 Å². The topological polar surface area (TPSA) is 98.6 Å². The van der Waals surface area contributed by atoms with Crippen molar-refractivity contribution in [1.29, 1.82) is 5.26 Å². The molecule has 1 heterocycles. The quantitative estimate of drug-likeness (QED) is 0.859. The molecule has 0 aromatic carbocycles. The molecule has 6 nitrogen and oxygen atoms in total. The number of rotatable bonds is 3. The Morgan fingerprint density at radius 1 is 1.56 bits per heavy atom. The fourth-order valence-corrected chi connectivity index (χ4v) is 3.48. The molecule has 0 saturated heterocycles. The van der Waals surface area contributed by atoms with Crippen molar-refractivity contribution in [3.8, 4) is 6.07 Å². The van der Waals surface area contributed by atoms with Gasteiger partial charge in [0.05, 0.1) is 12.3 Å². The van der Waals surface area contributed by atoms with Crippen molar-refractivity contribution in [2.75, 3.05) is 0 Å². The van der Waals surface area contributed by atoms with E-state index in [0.717, 1.165) is 12.8 Å². The summed E-state index contributed by atoms with van der Waals surface area (Å²) >= 11 is 0. The van der Waals surface area contributed by atoms with Crippen LogP contribution in [0.15, 0.2) is 17.3 Å². The van der Waals surface area contributed by atoms with Gasteiger partial charge in [-0.2, -0.15) is 15.1 Å². The molecule has 1 aromatic rings. The maximum Gasteiger partial charge on any atom is 0.258 e. The van der Waals surface area contributed by atoms with E-state index in [9.17, 15) is 13.7 Å². The zero-order valence-electron chi connectivity index (χ0n) is 10.2. The van der Waals surface area contributed by atoms with E-state index in [1.54, 1.807) is 0 Å². The molecule has 2 N–H and O–H groups in total. The van der Waals surface area contributed by atoms with Crippen LogP contribution in [-0.2, 0) is 10.0 Å². The van der Waals surface area contributed by atoms with Gasteiger partial charge in [-0.25, -0.2) is 8.42 Å². The molecule has 2 rings (SSSR count). The molecular weight excluding hydrogens is 252 g/mol. The lowest BCUT2D eigenvalue weighted by atomic mass is 9.79. The third-order valence-electron chi connectivity index (χ3n) is 3.44. The first-order valence-corrected chi connectivity index (χ1v) is 7.40. The second-order valence-electron chi connectivity index (χ2n) is 4.90. The van der Waals surface area contributed by atoms with Gasteiger partial charge in [-0.3, -0.25) is 5.10 Å². The molecule has 1 saturated carbocycles. The average Bonchev–Trinajstić information content (AvgIpc) is 2.87. The highest BCUT2D eigenvalue weighted by molar-refractivity contribution is 7.89. The zero-order chi connectivity index (χ0) is 13.2. The van der Waals surface area contributed by atoms with E-state index in [2.05, 4.69) is 27.9 Å². The molecule has 1 aromatic heterocycles. The van der Waals surface area contributed by atoms with Gasteiger partial charge in [0.25, 0.3) is 10.0 Å². The van der Waals surface area contributed by atoms with Crippen molar-refractivity contribution in [3.63, 3.8) is 0 Å². The first kappa shape index (κ1) is 13.1. The molecule has 0 amide bonds. The summed E-state index contributed by atoms with van der Waals surface area (Å²) in [5, 5.41) is 15.3. The van der Waals surface area contributed by atoms with E-state index in [-0.39, 0.29) is 5.03 Å². The largest absolute Gasteiger partial charge is 0.266 e. The Morgan fingerprint density at radius 2 is 2.22 bits per heavy atom. The van der Waals surface area contributed by atoms with Crippen LogP contribution in [0.4, 0.5) is 0 Å². The van der Waals surface area contributed by atoms with E-state index in [1.165, 1.54) is 12.3 Å². The van der Waals surface area contributed by atoms with E-state index in [0.29, 0.717) is 18.8 Å². The smallest absolute Gasteiger partial charge is 0.258 e. The Labute approximate surface area is 106 Å². The summed E-state index contributed by atoms with van der Waals surface area (Å²) < 4.78 is 26.7. The first-order valence-electron chi connectivity index (χ1n) is 5.92. The number of nitrogens with one attached hydrogen (secondary N) is 2. The molecule has 0 atom stereocenters. The average molecular weight is 268 g/mol. The standard InChI is InChI=1S/C11H16N4O2S/c1-9-2-5-11(8-12,6-3-9)15-18(16,17)10-4-7-13-14-10/h4,7,9,15H,2-3,5-6H2,1H3,(H,13,14). The molecule has 0 radical (unpaired) electrons. The molecule has 98 valence electrons. The lowest BCUT2D eigenvalue weighted by Gasteiger charge is -2.33. The summed E-state index contributed by atoms with van der Waals surface area (Å²) in [5.74, 6) is 0.545. The van der Waals surface area contributed by atoms with Crippen molar-refractivity contribution in [3.05, 3.63) is 12.3 Å². The highest BCUT2D eigenvalue weighted by Crippen LogP contribution is 2.32. The van der Waals surface area contributed by atoms with Crippen LogP contribution in [0, 0.1) is 17.2 Å². The number of H-pyrrole nitrogens is 1. The number of sulfonamides is 1. The Kier molecular flexibility index (Phi) is 3.41. The fourth-order valence-electron chi connectivity index (χ4n) is 2.20. The maximum atomic E-state index is 12.1. The van der Waals surface area contributed by atoms with Gasteiger partial charge in [-0.05, 0) is 37.7 Å². The Bertz CT molecular complexity index is 536. The Hall–Kier alpha value is -1.39. The fraction of sp³-hybridized carbons (Fsp3) is 0.636. The highest BCUT2D eigenvalue weighted by atomic mass is 32.2. The SMILES string of the molecule is CC1CCC(C#N)(NS(=O)(=O)c2ccn[nH]2)CC1. The number of aromatic nitrogens is 2. The number of aromatic amines is 1. The molecule has 1 aliphatic rings. The van der Waals surface area contributed by atoms with Gasteiger partial charge in [-0.1, -0.05) is 6.92 Å². The molecule has 0 spiro atoms. The van der Waals surface area contributed by atoms with Gasteiger partial charge in [0, 0.05) is 0 Å². The van der Waals surface area contributed by atoms with Crippen LogP contribution in [0.1, 0.15) is 32.6 Å². The van der Waals surface area contributed by atoms with E-state index in [4.69, 9.17) is 0 Å². The molecular formula is C11H16N4O2S. The van der Waals surface area contributed by atoms with Crippen molar-refractivity contribution in [1.82, 2.24) is 14.9 Å². The van der Waals surface area contributed by atoms with Crippen molar-refractivity contribution in [2.24, 2.45) is 5.92 Å². The first-order chi connectivity index (χ1) is 8.47. The molecule has 1 aliphatic carbocycles. The predicted octanol–water partition coefficient (Wildman–Crippen LogP) is 1.16. The lowest BCUT2D eigenvalue weighted by Crippen LogP contribution is -2.49. The Morgan fingerprint density at radius 3 is 2.72 bits per heavy atom. The third-order valence-corrected chi connectivity index (χ3v) is 4.90. The van der Waals surface area contributed by atoms with Gasteiger partial charge in [0.2, 0.25) is 0 Å². The minimum absolute atomic E-state index is 0.00394. The van der Waals surface area contributed by atoms with Crippen molar-refractivity contribution >= 4 is 10.0 Å². The number of hydrogen-bond donors (Lipinski definition) is 2. The second-order valence-corrected chi connectivity index (χ2v) is 6.55. The van der Waals surface area contributed by atoms with Gasteiger partial charge in [0.15, 0.2) is 5.03 Å². The molecule has 1 fully saturated rings. The summed E-state index contributed by atoms with van der Waals surface area (Å²) in [6.07, 6.45) is 4.20. The predicted molar refractivity (Wildman–Crippen MR) is 64.9 cm³/mol. The van der Waals surface area contributed by atoms with Crippen LogP contribution in [0.2, 0.25) is 0 Å². The summed E-state index contributed by atoms with van der Waals surface area (Å²) in [7, 11) is -3.70. The summed E-state index contributed by atoms with van der Waals surface area (Å²) in [5.41, 5.74) is -0.976. The van der Waals surface area contributed by atoms with Crippen molar-refractivity contribution in [2.45, 2.75) is 43.2 Å².